The van der Waals surface area contributed by atoms with Crippen LogP contribution in [0.25, 0.3) is 0 Å². The van der Waals surface area contributed by atoms with Gasteiger partial charge in [0.2, 0.25) is 0 Å². The first-order valence-corrected chi connectivity index (χ1v) is 7.83. The summed E-state index contributed by atoms with van der Waals surface area (Å²) in [7, 11) is 0. The van der Waals surface area contributed by atoms with E-state index in [1.165, 1.54) is 18.1 Å². The molecule has 2 heteroatoms. The van der Waals surface area contributed by atoms with Crippen molar-refractivity contribution >= 4 is 5.97 Å². The number of carbonyl (C=O) groups is 1. The number of hydrogen-bond acceptors (Lipinski definition) is 2. The molecule has 21 heavy (non-hydrogen) atoms. The van der Waals surface area contributed by atoms with Crippen molar-refractivity contribution in [3.63, 3.8) is 0 Å². The summed E-state index contributed by atoms with van der Waals surface area (Å²) in [6.45, 7) is 10.3. The molecule has 1 saturated carbocycles. The summed E-state index contributed by atoms with van der Waals surface area (Å²) in [4.78, 5) is 11.7. The monoisotopic (exact) mass is 286 g/mol. The molecule has 2 rings (SSSR count). The predicted molar refractivity (Wildman–Crippen MR) is 86.1 cm³/mol. The minimum atomic E-state index is -0.303. The molecule has 0 amide bonds. The van der Waals surface area contributed by atoms with Crippen LogP contribution in [0.5, 0.6) is 0 Å². The largest absolute Gasteiger partial charge is 0.459 e. The first-order valence-electron chi connectivity index (χ1n) is 7.83. The van der Waals surface area contributed by atoms with E-state index in [-0.39, 0.29) is 17.5 Å². The van der Waals surface area contributed by atoms with Gasteiger partial charge in [-0.1, -0.05) is 64.1 Å². The van der Waals surface area contributed by atoms with Crippen LogP contribution in [0.1, 0.15) is 45.6 Å². The Morgan fingerprint density at radius 2 is 1.95 bits per heavy atom. The van der Waals surface area contributed by atoms with Crippen molar-refractivity contribution in [3.8, 4) is 0 Å². The quantitative estimate of drug-likeness (QED) is 0.602. The number of benzene rings is 1. The zero-order valence-corrected chi connectivity index (χ0v) is 13.3. The zero-order valence-electron chi connectivity index (χ0n) is 13.3. The molecule has 2 nitrogen and oxygen atoms in total. The third kappa shape index (κ3) is 3.55. The van der Waals surface area contributed by atoms with Crippen LogP contribution in [0.3, 0.4) is 0 Å². The third-order valence-corrected chi connectivity index (χ3v) is 4.93. The summed E-state index contributed by atoms with van der Waals surface area (Å²) < 4.78 is 5.67. The van der Waals surface area contributed by atoms with Gasteiger partial charge >= 0.3 is 5.97 Å². The molecule has 114 valence electrons. The molecule has 0 bridgehead atoms. The third-order valence-electron chi connectivity index (χ3n) is 4.93. The van der Waals surface area contributed by atoms with Gasteiger partial charge in [-0.05, 0) is 29.7 Å². The lowest BCUT2D eigenvalue weighted by atomic mass is 9.64. The van der Waals surface area contributed by atoms with Crippen LogP contribution in [0.4, 0.5) is 0 Å². The van der Waals surface area contributed by atoms with E-state index >= 15 is 0 Å². The van der Waals surface area contributed by atoms with E-state index < -0.39 is 0 Å². The van der Waals surface area contributed by atoms with Crippen molar-refractivity contribution < 1.29 is 9.53 Å². The van der Waals surface area contributed by atoms with Gasteiger partial charge < -0.3 is 4.74 Å². The second-order valence-electron chi connectivity index (χ2n) is 6.79. The Hall–Kier alpha value is -1.57. The number of hydrogen-bond donors (Lipinski definition) is 0. The Bertz CT molecular complexity index is 490. The normalized spacial score (nSPS) is 26.1. The molecular formula is C19H26O2. The second-order valence-corrected chi connectivity index (χ2v) is 6.79. The minimum absolute atomic E-state index is 0.00643. The molecule has 1 fully saturated rings. The molecule has 0 aromatic heterocycles. The molecule has 0 radical (unpaired) electrons. The topological polar surface area (TPSA) is 26.3 Å². The molecule has 1 aromatic carbocycles. The van der Waals surface area contributed by atoms with E-state index in [1.54, 1.807) is 0 Å². The highest BCUT2D eigenvalue weighted by atomic mass is 16.5. The molecule has 0 aliphatic heterocycles. The van der Waals surface area contributed by atoms with E-state index in [4.69, 9.17) is 4.74 Å². The molecule has 0 spiro atoms. The lowest BCUT2D eigenvalue weighted by Gasteiger charge is -2.43. The van der Waals surface area contributed by atoms with Crippen LogP contribution in [0.15, 0.2) is 43.0 Å². The number of esters is 1. The summed E-state index contributed by atoms with van der Waals surface area (Å²) in [6, 6.07) is 10.5. The fourth-order valence-electron chi connectivity index (χ4n) is 3.56. The van der Waals surface area contributed by atoms with Crippen LogP contribution in [0.2, 0.25) is 0 Å². The molecule has 0 heterocycles. The van der Waals surface area contributed by atoms with E-state index in [2.05, 4.69) is 51.6 Å². The van der Waals surface area contributed by atoms with Gasteiger partial charge in [0, 0.05) is 12.0 Å². The molecular weight excluding hydrogens is 260 g/mol. The van der Waals surface area contributed by atoms with Crippen molar-refractivity contribution in [2.45, 2.75) is 51.6 Å². The average molecular weight is 286 g/mol. The van der Waals surface area contributed by atoms with Crippen LogP contribution in [-0.4, -0.2) is 12.1 Å². The van der Waals surface area contributed by atoms with Gasteiger partial charge in [0.1, 0.15) is 6.10 Å². The Balaban J connectivity index is 2.25. The minimum Gasteiger partial charge on any atom is -0.459 e. The summed E-state index contributed by atoms with van der Waals surface area (Å²) in [5.41, 5.74) is 1.30. The highest BCUT2D eigenvalue weighted by Gasteiger charge is 2.41. The van der Waals surface area contributed by atoms with Gasteiger partial charge in [0.05, 0.1) is 0 Å². The molecule has 1 aromatic rings. The molecule has 3 atom stereocenters. The van der Waals surface area contributed by atoms with Gasteiger partial charge in [0.15, 0.2) is 0 Å². The highest BCUT2D eigenvalue weighted by molar-refractivity contribution is 5.81. The zero-order chi connectivity index (χ0) is 15.5. The molecule has 0 N–H and O–H groups in total. The van der Waals surface area contributed by atoms with E-state index in [1.807, 2.05) is 6.07 Å². The Morgan fingerprint density at radius 3 is 2.57 bits per heavy atom. The molecule has 0 saturated heterocycles. The van der Waals surface area contributed by atoms with Crippen LogP contribution < -0.4 is 0 Å². The van der Waals surface area contributed by atoms with Gasteiger partial charge in [-0.3, -0.25) is 0 Å². The van der Waals surface area contributed by atoms with Gasteiger partial charge in [-0.15, -0.1) is 0 Å². The van der Waals surface area contributed by atoms with Crippen molar-refractivity contribution in [2.75, 3.05) is 0 Å². The van der Waals surface area contributed by atoms with Crippen molar-refractivity contribution in [2.24, 2.45) is 11.8 Å². The average Bonchev–Trinajstić information content (AvgIpc) is 2.48. The first kappa shape index (κ1) is 15.8. The maximum Gasteiger partial charge on any atom is 0.330 e. The molecule has 1 aliphatic rings. The fourth-order valence-corrected chi connectivity index (χ4v) is 3.56. The van der Waals surface area contributed by atoms with Crippen molar-refractivity contribution in [1.82, 2.24) is 0 Å². The van der Waals surface area contributed by atoms with E-state index in [0.29, 0.717) is 11.8 Å². The Morgan fingerprint density at radius 1 is 1.29 bits per heavy atom. The maximum absolute atomic E-state index is 11.7. The standard InChI is InChI=1S/C19H26O2/c1-5-18(20)21-17-13-14(2)11-12-16(17)19(3,4)15-9-7-6-8-10-15/h5-10,14,16-17H,1,11-13H2,2-4H3/t14-,16-,17-/m0/s1. The first-order chi connectivity index (χ1) is 9.95. The summed E-state index contributed by atoms with van der Waals surface area (Å²) in [6.07, 6.45) is 4.49. The van der Waals surface area contributed by atoms with Crippen LogP contribution in [-0.2, 0) is 14.9 Å². The number of rotatable bonds is 4. The van der Waals surface area contributed by atoms with Gasteiger partial charge in [-0.25, -0.2) is 4.79 Å². The smallest absolute Gasteiger partial charge is 0.330 e. The molecule has 0 unspecified atom stereocenters. The van der Waals surface area contributed by atoms with Gasteiger partial charge in [-0.2, -0.15) is 0 Å². The molecule has 1 aliphatic carbocycles. The number of carbonyl (C=O) groups excluding carboxylic acids is 1. The second kappa shape index (κ2) is 6.46. The summed E-state index contributed by atoms with van der Waals surface area (Å²) in [5.74, 6) is 0.651. The maximum atomic E-state index is 11.7. The van der Waals surface area contributed by atoms with Crippen LogP contribution >= 0.6 is 0 Å². The Labute approximate surface area is 128 Å². The van der Waals surface area contributed by atoms with E-state index in [0.717, 1.165) is 12.8 Å². The lowest BCUT2D eigenvalue weighted by Crippen LogP contribution is -2.43. The highest BCUT2D eigenvalue weighted by Crippen LogP contribution is 2.43. The van der Waals surface area contributed by atoms with Gasteiger partial charge in [0.25, 0.3) is 0 Å². The fraction of sp³-hybridized carbons (Fsp3) is 0.526. The van der Waals surface area contributed by atoms with Crippen molar-refractivity contribution in [3.05, 3.63) is 48.6 Å². The summed E-state index contributed by atoms with van der Waals surface area (Å²) in [5, 5.41) is 0. The summed E-state index contributed by atoms with van der Waals surface area (Å²) >= 11 is 0. The van der Waals surface area contributed by atoms with Crippen molar-refractivity contribution in [1.29, 1.82) is 0 Å². The Kier molecular flexibility index (Phi) is 4.87. The predicted octanol–water partition coefficient (Wildman–Crippen LogP) is 4.50. The van der Waals surface area contributed by atoms with E-state index in [9.17, 15) is 4.79 Å². The SMILES string of the molecule is C=CC(=O)O[C@H]1C[C@@H](C)CC[C@@H]1C(C)(C)c1ccccc1. The van der Waals surface area contributed by atoms with Crippen LogP contribution in [0, 0.1) is 11.8 Å². The lowest BCUT2D eigenvalue weighted by molar-refractivity contribution is -0.150. The number of ether oxygens (including phenoxy) is 1.